The first-order valence-corrected chi connectivity index (χ1v) is 8.82. The van der Waals surface area contributed by atoms with Gasteiger partial charge >= 0.3 is 0 Å². The third-order valence-electron chi connectivity index (χ3n) is 4.72. The highest BCUT2D eigenvalue weighted by atomic mass is 16.5. The lowest BCUT2D eigenvalue weighted by Gasteiger charge is -2.30. The fourth-order valence-electron chi connectivity index (χ4n) is 3.47. The quantitative estimate of drug-likeness (QED) is 0.855. The smallest absolute Gasteiger partial charge is 0.250 e. The van der Waals surface area contributed by atoms with Gasteiger partial charge in [0.1, 0.15) is 0 Å². The van der Waals surface area contributed by atoms with Crippen LogP contribution in [0.1, 0.15) is 25.0 Å². The summed E-state index contributed by atoms with van der Waals surface area (Å²) in [5, 5.41) is 0. The lowest BCUT2D eigenvalue weighted by molar-refractivity contribution is -0.133. The van der Waals surface area contributed by atoms with Gasteiger partial charge in [0.2, 0.25) is 5.91 Å². The molecule has 1 N–H and O–H groups in total. The molecule has 2 aliphatic rings. The van der Waals surface area contributed by atoms with Crippen LogP contribution in [0.25, 0.3) is 0 Å². The minimum atomic E-state index is -0.133. The summed E-state index contributed by atoms with van der Waals surface area (Å²) in [4.78, 5) is 34.8. The maximum Gasteiger partial charge on any atom is 0.250 e. The zero-order chi connectivity index (χ0) is 16.8. The standard InChI is InChI=1S/C17H26N4O3/c22-16-9-15(18-13-19-16)8-14-10-20(6-7-24-12-14)11-17(23)21-4-2-1-3-5-21/h9,13-14H,1-8,10-12H2,(H,18,19,22). The highest BCUT2D eigenvalue weighted by Crippen LogP contribution is 2.13. The van der Waals surface area contributed by atoms with E-state index in [1.54, 1.807) is 0 Å². The number of carbonyl (C=O) groups excluding carboxylic acids is 1. The van der Waals surface area contributed by atoms with Crippen LogP contribution in [0.3, 0.4) is 0 Å². The van der Waals surface area contributed by atoms with Crippen LogP contribution < -0.4 is 5.56 Å². The average molecular weight is 334 g/mol. The second-order valence-corrected chi connectivity index (χ2v) is 6.72. The van der Waals surface area contributed by atoms with Gasteiger partial charge in [0.05, 0.1) is 26.1 Å². The van der Waals surface area contributed by atoms with Crippen molar-refractivity contribution in [2.45, 2.75) is 25.7 Å². The first-order chi connectivity index (χ1) is 11.7. The van der Waals surface area contributed by atoms with Gasteiger partial charge in [-0.05, 0) is 25.7 Å². The van der Waals surface area contributed by atoms with E-state index in [1.807, 2.05) is 4.90 Å². The number of nitrogens with zero attached hydrogens (tertiary/aromatic N) is 3. The lowest BCUT2D eigenvalue weighted by atomic mass is 10.0. The molecule has 1 unspecified atom stereocenters. The molecule has 1 atom stereocenters. The van der Waals surface area contributed by atoms with Crippen molar-refractivity contribution in [3.8, 4) is 0 Å². The number of likely N-dealkylation sites (tertiary alicyclic amines) is 1. The fraction of sp³-hybridized carbons (Fsp3) is 0.706. The van der Waals surface area contributed by atoms with Crippen molar-refractivity contribution in [2.75, 3.05) is 45.9 Å². The van der Waals surface area contributed by atoms with E-state index in [1.165, 1.54) is 18.8 Å². The maximum absolute atomic E-state index is 12.5. The first kappa shape index (κ1) is 17.1. The topological polar surface area (TPSA) is 78.5 Å². The SMILES string of the molecule is O=C(CN1CCOCC(Cc2cc(=O)[nH]cn2)C1)N1CCCCC1. The molecule has 0 aliphatic carbocycles. The number of amides is 1. The van der Waals surface area contributed by atoms with Crippen molar-refractivity contribution in [1.29, 1.82) is 0 Å². The molecule has 0 radical (unpaired) electrons. The Morgan fingerprint density at radius 3 is 2.92 bits per heavy atom. The molecule has 0 spiro atoms. The van der Waals surface area contributed by atoms with E-state index in [-0.39, 0.29) is 17.4 Å². The second kappa shape index (κ2) is 8.39. The predicted octanol–water partition coefficient (Wildman–Crippen LogP) is 0.273. The molecule has 1 aromatic heterocycles. The van der Waals surface area contributed by atoms with Crippen molar-refractivity contribution < 1.29 is 9.53 Å². The minimum absolute atomic E-state index is 0.133. The molecule has 2 fully saturated rings. The Labute approximate surface area is 142 Å². The molecular weight excluding hydrogens is 308 g/mol. The van der Waals surface area contributed by atoms with Crippen LogP contribution in [0.4, 0.5) is 0 Å². The summed E-state index contributed by atoms with van der Waals surface area (Å²) in [6.45, 7) is 5.11. The molecular formula is C17H26N4O3. The third kappa shape index (κ3) is 4.88. The van der Waals surface area contributed by atoms with Crippen LogP contribution in [0.15, 0.2) is 17.2 Å². The van der Waals surface area contributed by atoms with Gasteiger partial charge in [-0.2, -0.15) is 0 Å². The van der Waals surface area contributed by atoms with Crippen LogP contribution >= 0.6 is 0 Å². The molecule has 2 aliphatic heterocycles. The van der Waals surface area contributed by atoms with Crippen LogP contribution in [0.2, 0.25) is 0 Å². The summed E-state index contributed by atoms with van der Waals surface area (Å²) in [5.41, 5.74) is 0.642. The van der Waals surface area contributed by atoms with Gasteiger partial charge in [-0.15, -0.1) is 0 Å². The number of carbonyl (C=O) groups is 1. The molecule has 3 heterocycles. The van der Waals surface area contributed by atoms with E-state index in [0.29, 0.717) is 26.2 Å². The van der Waals surface area contributed by atoms with E-state index >= 15 is 0 Å². The molecule has 132 valence electrons. The summed E-state index contributed by atoms with van der Waals surface area (Å²) in [6, 6.07) is 1.54. The third-order valence-corrected chi connectivity index (χ3v) is 4.72. The number of rotatable bonds is 4. The molecule has 1 aromatic rings. The van der Waals surface area contributed by atoms with Crippen molar-refractivity contribution in [3.05, 3.63) is 28.4 Å². The first-order valence-electron chi connectivity index (χ1n) is 8.82. The largest absolute Gasteiger partial charge is 0.380 e. The summed E-state index contributed by atoms with van der Waals surface area (Å²) in [5.74, 6) is 0.473. The molecule has 0 saturated carbocycles. The molecule has 2 saturated heterocycles. The van der Waals surface area contributed by atoms with Crippen LogP contribution in [0, 0.1) is 5.92 Å². The number of hydrogen-bond donors (Lipinski definition) is 1. The van der Waals surface area contributed by atoms with Gasteiger partial charge in [-0.3, -0.25) is 14.5 Å². The Hall–Kier alpha value is -1.73. The Bertz CT molecular complexity index is 597. The number of nitrogens with one attached hydrogen (secondary N) is 1. The summed E-state index contributed by atoms with van der Waals surface area (Å²) in [7, 11) is 0. The summed E-state index contributed by atoms with van der Waals surface area (Å²) in [6.07, 6.45) is 5.59. The number of aromatic nitrogens is 2. The van der Waals surface area contributed by atoms with Crippen LogP contribution in [0.5, 0.6) is 0 Å². The van der Waals surface area contributed by atoms with E-state index in [0.717, 1.165) is 44.7 Å². The number of H-pyrrole nitrogens is 1. The Morgan fingerprint density at radius 2 is 2.12 bits per heavy atom. The van der Waals surface area contributed by atoms with Crippen molar-refractivity contribution >= 4 is 5.91 Å². The number of piperidine rings is 1. The summed E-state index contributed by atoms with van der Waals surface area (Å²) < 4.78 is 5.69. The van der Waals surface area contributed by atoms with E-state index in [9.17, 15) is 9.59 Å². The van der Waals surface area contributed by atoms with Gasteiger partial charge in [-0.25, -0.2) is 4.98 Å². The average Bonchev–Trinajstić information content (AvgIpc) is 2.80. The normalized spacial score (nSPS) is 23.0. The lowest BCUT2D eigenvalue weighted by Crippen LogP contribution is -2.44. The zero-order valence-electron chi connectivity index (χ0n) is 14.1. The highest BCUT2D eigenvalue weighted by Gasteiger charge is 2.24. The Kier molecular flexibility index (Phi) is 5.98. The van der Waals surface area contributed by atoms with Crippen LogP contribution in [-0.2, 0) is 16.0 Å². The fourth-order valence-corrected chi connectivity index (χ4v) is 3.47. The summed E-state index contributed by atoms with van der Waals surface area (Å²) >= 11 is 0. The molecule has 3 rings (SSSR count). The molecule has 0 aromatic carbocycles. The van der Waals surface area contributed by atoms with Crippen molar-refractivity contribution in [2.24, 2.45) is 5.92 Å². The Balaban J connectivity index is 1.55. The van der Waals surface area contributed by atoms with E-state index in [4.69, 9.17) is 4.74 Å². The van der Waals surface area contributed by atoms with Gasteiger partial charge in [0.25, 0.3) is 5.56 Å². The number of aromatic amines is 1. The van der Waals surface area contributed by atoms with Gasteiger partial charge < -0.3 is 14.6 Å². The minimum Gasteiger partial charge on any atom is -0.380 e. The molecule has 7 nitrogen and oxygen atoms in total. The van der Waals surface area contributed by atoms with Gasteiger partial charge in [0, 0.05) is 43.9 Å². The molecule has 0 bridgehead atoms. The van der Waals surface area contributed by atoms with Crippen molar-refractivity contribution in [1.82, 2.24) is 19.8 Å². The monoisotopic (exact) mass is 334 g/mol. The zero-order valence-corrected chi connectivity index (χ0v) is 14.1. The molecule has 7 heteroatoms. The predicted molar refractivity (Wildman–Crippen MR) is 89.7 cm³/mol. The molecule has 1 amide bonds. The van der Waals surface area contributed by atoms with Gasteiger partial charge in [0.15, 0.2) is 0 Å². The van der Waals surface area contributed by atoms with E-state index in [2.05, 4.69) is 14.9 Å². The molecule has 24 heavy (non-hydrogen) atoms. The van der Waals surface area contributed by atoms with Crippen LogP contribution in [-0.4, -0.2) is 71.6 Å². The second-order valence-electron chi connectivity index (χ2n) is 6.72. The van der Waals surface area contributed by atoms with E-state index < -0.39 is 0 Å². The van der Waals surface area contributed by atoms with Gasteiger partial charge in [-0.1, -0.05) is 0 Å². The highest BCUT2D eigenvalue weighted by molar-refractivity contribution is 5.78. The van der Waals surface area contributed by atoms with Crippen molar-refractivity contribution in [3.63, 3.8) is 0 Å². The Morgan fingerprint density at radius 1 is 1.29 bits per heavy atom. The number of ether oxygens (including phenoxy) is 1. The number of hydrogen-bond acceptors (Lipinski definition) is 5. The maximum atomic E-state index is 12.5.